The normalized spacial score (nSPS) is 10.6. The minimum absolute atomic E-state index is 0.441. The predicted molar refractivity (Wildman–Crippen MR) is 75.2 cm³/mol. The van der Waals surface area contributed by atoms with Crippen molar-refractivity contribution in [3.63, 3.8) is 0 Å². The lowest BCUT2D eigenvalue weighted by Crippen LogP contribution is -1.96. The van der Waals surface area contributed by atoms with Crippen LogP contribution in [0, 0.1) is 6.92 Å². The number of fused-ring (bicyclic) bond motifs is 1. The molecule has 0 saturated carbocycles. The number of ether oxygens (including phenoxy) is 1. The molecule has 0 aliphatic carbocycles. The van der Waals surface area contributed by atoms with Gasteiger partial charge in [0.15, 0.2) is 5.75 Å². The molecule has 94 valence electrons. The second kappa shape index (κ2) is 4.57. The van der Waals surface area contributed by atoms with E-state index in [1.54, 1.807) is 6.20 Å². The summed E-state index contributed by atoms with van der Waals surface area (Å²) < 4.78 is 5.70. The Kier molecular flexibility index (Phi) is 2.76. The van der Waals surface area contributed by atoms with Crippen molar-refractivity contribution in [1.29, 1.82) is 0 Å². The van der Waals surface area contributed by atoms with Gasteiger partial charge in [-0.3, -0.25) is 0 Å². The molecule has 19 heavy (non-hydrogen) atoms. The van der Waals surface area contributed by atoms with Gasteiger partial charge in [0, 0.05) is 0 Å². The van der Waals surface area contributed by atoms with Crippen LogP contribution in [0.5, 0.6) is 11.6 Å². The van der Waals surface area contributed by atoms with Crippen LogP contribution in [0.3, 0.4) is 0 Å². The Labute approximate surface area is 110 Å². The van der Waals surface area contributed by atoms with Gasteiger partial charge < -0.3 is 10.5 Å². The third-order valence-electron chi connectivity index (χ3n) is 2.93. The van der Waals surface area contributed by atoms with E-state index < -0.39 is 0 Å². The number of aromatic nitrogens is 2. The minimum Gasteiger partial charge on any atom is -0.435 e. The number of hydrogen-bond donors (Lipinski definition) is 1. The van der Waals surface area contributed by atoms with Gasteiger partial charge in [0.1, 0.15) is 0 Å². The van der Waals surface area contributed by atoms with Crippen molar-refractivity contribution in [3.05, 3.63) is 54.2 Å². The molecular weight excluding hydrogens is 238 g/mol. The van der Waals surface area contributed by atoms with Crippen molar-refractivity contribution in [2.45, 2.75) is 6.92 Å². The Morgan fingerprint density at radius 1 is 1.00 bits per heavy atom. The van der Waals surface area contributed by atoms with Crippen molar-refractivity contribution in [1.82, 2.24) is 9.97 Å². The molecule has 0 aliphatic rings. The predicted octanol–water partition coefficient (Wildman–Crippen LogP) is 3.31. The summed E-state index contributed by atoms with van der Waals surface area (Å²) >= 11 is 0. The summed E-state index contributed by atoms with van der Waals surface area (Å²) in [6.45, 7) is 1.94. The van der Waals surface area contributed by atoms with Crippen LogP contribution in [0.15, 0.2) is 48.7 Å². The second-order valence-electron chi connectivity index (χ2n) is 4.29. The maximum atomic E-state index is 5.97. The fourth-order valence-corrected chi connectivity index (χ4v) is 1.84. The summed E-state index contributed by atoms with van der Waals surface area (Å²) in [6.07, 6.45) is 1.60. The Morgan fingerprint density at radius 2 is 1.79 bits per heavy atom. The van der Waals surface area contributed by atoms with Crippen molar-refractivity contribution >= 4 is 16.7 Å². The molecule has 3 rings (SSSR count). The lowest BCUT2D eigenvalue weighted by Gasteiger charge is -2.09. The summed E-state index contributed by atoms with van der Waals surface area (Å²) in [5.41, 5.74) is 9.21. The van der Waals surface area contributed by atoms with E-state index in [0.717, 1.165) is 16.6 Å². The van der Waals surface area contributed by atoms with E-state index in [-0.39, 0.29) is 0 Å². The number of anilines is 1. The fourth-order valence-electron chi connectivity index (χ4n) is 1.84. The number of rotatable bonds is 2. The molecule has 0 atom stereocenters. The van der Waals surface area contributed by atoms with E-state index in [1.807, 2.05) is 49.4 Å². The molecule has 3 aromatic rings. The number of nitrogens with two attached hydrogens (primary N) is 1. The summed E-state index contributed by atoms with van der Waals surface area (Å²) in [5, 5.41) is 0. The standard InChI is InChI=1S/C15H13N3O/c1-10-5-4-8-13(15(10)16)19-14-9-17-11-6-2-3-7-12(11)18-14/h2-9H,16H2,1H3. The number of benzene rings is 2. The van der Waals surface area contributed by atoms with Gasteiger partial charge in [0.05, 0.1) is 22.9 Å². The lowest BCUT2D eigenvalue weighted by molar-refractivity contribution is 0.464. The van der Waals surface area contributed by atoms with Crippen LogP contribution in [0.1, 0.15) is 5.56 Å². The first-order chi connectivity index (χ1) is 9.24. The zero-order valence-electron chi connectivity index (χ0n) is 10.5. The molecule has 0 fully saturated rings. The molecule has 2 aromatic carbocycles. The highest BCUT2D eigenvalue weighted by Gasteiger charge is 2.06. The molecule has 0 spiro atoms. The molecule has 0 unspecified atom stereocenters. The van der Waals surface area contributed by atoms with Gasteiger partial charge in [-0.2, -0.15) is 0 Å². The van der Waals surface area contributed by atoms with E-state index in [9.17, 15) is 0 Å². The Bertz CT molecular complexity index is 740. The van der Waals surface area contributed by atoms with Crippen LogP contribution >= 0.6 is 0 Å². The van der Waals surface area contributed by atoms with E-state index in [2.05, 4.69) is 9.97 Å². The molecule has 1 heterocycles. The van der Waals surface area contributed by atoms with Crippen LogP contribution in [-0.4, -0.2) is 9.97 Å². The van der Waals surface area contributed by atoms with E-state index in [1.165, 1.54) is 0 Å². The molecule has 0 radical (unpaired) electrons. The number of hydrogen-bond acceptors (Lipinski definition) is 4. The Morgan fingerprint density at radius 3 is 2.63 bits per heavy atom. The SMILES string of the molecule is Cc1cccc(Oc2cnc3ccccc3n2)c1N. The molecule has 1 aromatic heterocycles. The Hall–Kier alpha value is -2.62. The third kappa shape index (κ3) is 2.20. The molecule has 4 nitrogen and oxygen atoms in total. The third-order valence-corrected chi connectivity index (χ3v) is 2.93. The van der Waals surface area contributed by atoms with Crippen LogP contribution in [0.25, 0.3) is 11.0 Å². The van der Waals surface area contributed by atoms with E-state index in [0.29, 0.717) is 17.3 Å². The van der Waals surface area contributed by atoms with Gasteiger partial charge in [-0.25, -0.2) is 9.97 Å². The maximum Gasteiger partial charge on any atom is 0.238 e. The second-order valence-corrected chi connectivity index (χ2v) is 4.29. The summed E-state index contributed by atoms with van der Waals surface area (Å²) in [6, 6.07) is 13.3. The van der Waals surface area contributed by atoms with Crippen molar-refractivity contribution in [3.8, 4) is 11.6 Å². The Balaban J connectivity index is 1.99. The van der Waals surface area contributed by atoms with Gasteiger partial charge in [0.25, 0.3) is 0 Å². The van der Waals surface area contributed by atoms with Crippen LogP contribution in [-0.2, 0) is 0 Å². The quantitative estimate of drug-likeness (QED) is 0.710. The van der Waals surface area contributed by atoms with Crippen LogP contribution in [0.4, 0.5) is 5.69 Å². The molecule has 4 heteroatoms. The summed E-state index contributed by atoms with van der Waals surface area (Å²) in [7, 11) is 0. The zero-order valence-corrected chi connectivity index (χ0v) is 10.5. The van der Waals surface area contributed by atoms with Gasteiger partial charge >= 0.3 is 0 Å². The maximum absolute atomic E-state index is 5.97. The first kappa shape index (κ1) is 11.5. The molecule has 0 amide bonds. The average Bonchev–Trinajstić information content (AvgIpc) is 2.44. The van der Waals surface area contributed by atoms with Gasteiger partial charge in [-0.1, -0.05) is 24.3 Å². The first-order valence-electron chi connectivity index (χ1n) is 5.99. The van der Waals surface area contributed by atoms with Gasteiger partial charge in [-0.15, -0.1) is 0 Å². The molecule has 0 saturated heterocycles. The molecular formula is C15H13N3O. The molecule has 0 aliphatic heterocycles. The largest absolute Gasteiger partial charge is 0.435 e. The highest BCUT2D eigenvalue weighted by molar-refractivity contribution is 5.74. The lowest BCUT2D eigenvalue weighted by atomic mass is 10.2. The van der Waals surface area contributed by atoms with E-state index in [4.69, 9.17) is 10.5 Å². The van der Waals surface area contributed by atoms with Crippen molar-refractivity contribution in [2.75, 3.05) is 5.73 Å². The first-order valence-corrected chi connectivity index (χ1v) is 5.99. The van der Waals surface area contributed by atoms with Crippen molar-refractivity contribution < 1.29 is 4.74 Å². The smallest absolute Gasteiger partial charge is 0.238 e. The van der Waals surface area contributed by atoms with Gasteiger partial charge in [-0.05, 0) is 30.7 Å². The average molecular weight is 251 g/mol. The highest BCUT2D eigenvalue weighted by Crippen LogP contribution is 2.28. The number of nitrogen functional groups attached to an aromatic ring is 1. The summed E-state index contributed by atoms with van der Waals surface area (Å²) in [5.74, 6) is 1.04. The van der Waals surface area contributed by atoms with Crippen LogP contribution < -0.4 is 10.5 Å². The van der Waals surface area contributed by atoms with Gasteiger partial charge in [0.2, 0.25) is 5.88 Å². The monoisotopic (exact) mass is 251 g/mol. The zero-order chi connectivity index (χ0) is 13.2. The molecule has 2 N–H and O–H groups in total. The number of aryl methyl sites for hydroxylation is 1. The van der Waals surface area contributed by atoms with E-state index >= 15 is 0 Å². The number of nitrogens with zero attached hydrogens (tertiary/aromatic N) is 2. The fraction of sp³-hybridized carbons (Fsp3) is 0.0667. The van der Waals surface area contributed by atoms with Crippen molar-refractivity contribution in [2.24, 2.45) is 0 Å². The highest BCUT2D eigenvalue weighted by atomic mass is 16.5. The summed E-state index contributed by atoms with van der Waals surface area (Å²) in [4.78, 5) is 8.70. The van der Waals surface area contributed by atoms with Crippen LogP contribution in [0.2, 0.25) is 0 Å². The minimum atomic E-state index is 0.441. The molecule has 0 bridgehead atoms. The number of para-hydroxylation sites is 3. The topological polar surface area (TPSA) is 61.0 Å².